The number of hydrogen-bond acceptors (Lipinski definition) is 5. The number of aryl methyl sites for hydroxylation is 2. The topological polar surface area (TPSA) is 76.3 Å². The number of carbonyl (C=O) groups excluding carboxylic acids is 1. The Kier molecular flexibility index (Phi) is 4.36. The monoisotopic (exact) mass is 350 g/mol. The summed E-state index contributed by atoms with van der Waals surface area (Å²) in [4.78, 5) is 19.0. The molecule has 0 N–H and O–H groups in total. The van der Waals surface area contributed by atoms with Gasteiger partial charge in [-0.3, -0.25) is 4.79 Å². The summed E-state index contributed by atoms with van der Waals surface area (Å²) in [5.74, 6) is 1.60. The lowest BCUT2D eigenvalue weighted by atomic mass is 9.90. The molecule has 0 saturated carbocycles. The molecule has 3 heterocycles. The molecule has 134 valence electrons. The molecule has 0 radical (unpaired) electrons. The fourth-order valence-electron chi connectivity index (χ4n) is 3.60. The molecule has 1 saturated heterocycles. The van der Waals surface area contributed by atoms with Crippen molar-refractivity contribution in [1.82, 2.24) is 29.7 Å². The highest BCUT2D eigenvalue weighted by molar-refractivity contribution is 5.93. The Hall–Kier alpha value is -2.83. The number of nitrogens with zero attached hydrogens (tertiary/aromatic N) is 6. The van der Waals surface area contributed by atoms with E-state index in [4.69, 9.17) is 0 Å². The molecule has 0 bridgehead atoms. The van der Waals surface area contributed by atoms with Gasteiger partial charge in [0.05, 0.1) is 5.69 Å². The van der Waals surface area contributed by atoms with E-state index < -0.39 is 0 Å². The van der Waals surface area contributed by atoms with Gasteiger partial charge in [0.1, 0.15) is 5.82 Å². The lowest BCUT2D eigenvalue weighted by Gasteiger charge is -2.32. The zero-order chi connectivity index (χ0) is 18.1. The predicted molar refractivity (Wildman–Crippen MR) is 96.8 cm³/mol. The minimum atomic E-state index is -0.0665. The molecule has 7 nitrogen and oxygen atoms in total. The maximum atomic E-state index is 12.9. The molecule has 1 aromatic carbocycles. The molecular formula is C19H22N6O. The molecule has 1 aliphatic rings. The summed E-state index contributed by atoms with van der Waals surface area (Å²) in [5.41, 5.74) is 2.42. The van der Waals surface area contributed by atoms with Gasteiger partial charge < -0.3 is 4.90 Å². The number of piperidine rings is 1. The molecule has 0 unspecified atom stereocenters. The van der Waals surface area contributed by atoms with E-state index in [2.05, 4.69) is 44.5 Å². The van der Waals surface area contributed by atoms with E-state index in [-0.39, 0.29) is 5.91 Å². The zero-order valence-electron chi connectivity index (χ0n) is 15.1. The van der Waals surface area contributed by atoms with Gasteiger partial charge in [-0.25, -0.2) is 0 Å². The molecule has 0 aliphatic carbocycles. The molecular weight excluding hydrogens is 328 g/mol. The SMILES string of the molecule is Cc1nc2nnc(C(=O)N3CCC(Cc4ccccc4)CC3)c(C)n2n1. The fourth-order valence-corrected chi connectivity index (χ4v) is 3.60. The number of hydrogen-bond donors (Lipinski definition) is 0. The van der Waals surface area contributed by atoms with E-state index in [1.807, 2.05) is 17.9 Å². The van der Waals surface area contributed by atoms with E-state index in [0.29, 0.717) is 28.9 Å². The maximum absolute atomic E-state index is 12.9. The fraction of sp³-hybridized carbons (Fsp3) is 0.421. The summed E-state index contributed by atoms with van der Waals surface area (Å²) < 4.78 is 1.59. The third-order valence-electron chi connectivity index (χ3n) is 5.07. The Bertz CT molecular complexity index is 928. The van der Waals surface area contributed by atoms with Gasteiger partial charge in [-0.1, -0.05) is 30.3 Å². The van der Waals surface area contributed by atoms with Crippen LogP contribution in [0.4, 0.5) is 0 Å². The summed E-state index contributed by atoms with van der Waals surface area (Å²) in [5, 5.41) is 12.5. The molecule has 4 rings (SSSR count). The summed E-state index contributed by atoms with van der Waals surface area (Å²) in [6, 6.07) is 10.5. The first kappa shape index (κ1) is 16.6. The highest BCUT2D eigenvalue weighted by Crippen LogP contribution is 2.23. The van der Waals surface area contributed by atoms with Crippen molar-refractivity contribution in [3.8, 4) is 0 Å². The third kappa shape index (κ3) is 3.16. The van der Waals surface area contributed by atoms with Crippen LogP contribution in [0.2, 0.25) is 0 Å². The Morgan fingerprint density at radius 3 is 2.58 bits per heavy atom. The number of benzene rings is 1. The smallest absolute Gasteiger partial charge is 0.276 e. The van der Waals surface area contributed by atoms with E-state index in [1.54, 1.807) is 11.4 Å². The second-order valence-corrected chi connectivity index (χ2v) is 6.93. The second-order valence-electron chi connectivity index (χ2n) is 6.93. The Labute approximate surface area is 152 Å². The quantitative estimate of drug-likeness (QED) is 0.724. The molecule has 3 aromatic rings. The highest BCUT2D eigenvalue weighted by Gasteiger charge is 2.27. The first-order valence-electron chi connectivity index (χ1n) is 9.01. The summed E-state index contributed by atoms with van der Waals surface area (Å²) in [7, 11) is 0. The van der Waals surface area contributed by atoms with Gasteiger partial charge in [0.15, 0.2) is 5.69 Å². The van der Waals surface area contributed by atoms with Gasteiger partial charge in [0, 0.05) is 13.1 Å². The van der Waals surface area contributed by atoms with Crippen LogP contribution in [0.3, 0.4) is 0 Å². The van der Waals surface area contributed by atoms with Crippen LogP contribution in [0.25, 0.3) is 5.78 Å². The second kappa shape index (κ2) is 6.82. The standard InChI is InChI=1S/C19H22N6O/c1-13-17(21-22-19-20-14(2)23-25(13)19)18(26)24-10-8-16(9-11-24)12-15-6-4-3-5-7-15/h3-7,16H,8-12H2,1-2H3. The van der Waals surface area contributed by atoms with Crippen molar-refractivity contribution in [3.05, 3.63) is 53.1 Å². The van der Waals surface area contributed by atoms with Crippen molar-refractivity contribution in [2.24, 2.45) is 5.92 Å². The lowest BCUT2D eigenvalue weighted by Crippen LogP contribution is -2.40. The van der Waals surface area contributed by atoms with Crippen molar-refractivity contribution in [2.45, 2.75) is 33.1 Å². The minimum Gasteiger partial charge on any atom is -0.337 e. The van der Waals surface area contributed by atoms with Crippen LogP contribution in [0, 0.1) is 19.8 Å². The molecule has 0 spiro atoms. The molecule has 1 fully saturated rings. The first-order chi connectivity index (χ1) is 12.6. The van der Waals surface area contributed by atoms with Crippen LogP contribution in [-0.4, -0.2) is 48.7 Å². The predicted octanol–water partition coefficient (Wildman–Crippen LogP) is 2.23. The Morgan fingerprint density at radius 2 is 1.85 bits per heavy atom. The van der Waals surface area contributed by atoms with Crippen LogP contribution < -0.4 is 0 Å². The normalized spacial score (nSPS) is 15.5. The van der Waals surface area contributed by atoms with Gasteiger partial charge in [0.2, 0.25) is 0 Å². The maximum Gasteiger partial charge on any atom is 0.276 e. The summed E-state index contributed by atoms with van der Waals surface area (Å²) >= 11 is 0. The lowest BCUT2D eigenvalue weighted by molar-refractivity contribution is 0.0681. The van der Waals surface area contributed by atoms with Gasteiger partial charge in [-0.2, -0.15) is 9.50 Å². The highest BCUT2D eigenvalue weighted by atomic mass is 16.2. The molecule has 1 aliphatic heterocycles. The number of rotatable bonds is 3. The van der Waals surface area contributed by atoms with Gasteiger partial charge in [-0.15, -0.1) is 15.3 Å². The van der Waals surface area contributed by atoms with Crippen LogP contribution in [0.15, 0.2) is 30.3 Å². The first-order valence-corrected chi connectivity index (χ1v) is 9.01. The molecule has 2 aromatic heterocycles. The van der Waals surface area contributed by atoms with Crippen LogP contribution in [-0.2, 0) is 6.42 Å². The largest absolute Gasteiger partial charge is 0.337 e. The summed E-state index contributed by atoms with van der Waals surface area (Å²) in [6.07, 6.45) is 3.10. The molecule has 0 atom stereocenters. The van der Waals surface area contributed by atoms with Crippen molar-refractivity contribution < 1.29 is 4.79 Å². The van der Waals surface area contributed by atoms with Crippen molar-refractivity contribution >= 4 is 11.7 Å². The Balaban J connectivity index is 1.44. The average Bonchev–Trinajstić information content (AvgIpc) is 3.04. The zero-order valence-corrected chi connectivity index (χ0v) is 15.1. The number of amides is 1. The van der Waals surface area contributed by atoms with Crippen molar-refractivity contribution in [3.63, 3.8) is 0 Å². The average molecular weight is 350 g/mol. The number of aromatic nitrogens is 5. The van der Waals surface area contributed by atoms with Gasteiger partial charge in [0.25, 0.3) is 11.7 Å². The summed E-state index contributed by atoms with van der Waals surface area (Å²) in [6.45, 7) is 5.15. The molecule has 1 amide bonds. The number of carbonyl (C=O) groups is 1. The van der Waals surface area contributed by atoms with Gasteiger partial charge >= 0.3 is 0 Å². The Morgan fingerprint density at radius 1 is 1.12 bits per heavy atom. The van der Waals surface area contributed by atoms with E-state index in [0.717, 1.165) is 32.4 Å². The molecule has 26 heavy (non-hydrogen) atoms. The van der Waals surface area contributed by atoms with E-state index in [1.165, 1.54) is 5.56 Å². The van der Waals surface area contributed by atoms with E-state index >= 15 is 0 Å². The van der Waals surface area contributed by atoms with Crippen LogP contribution in [0.5, 0.6) is 0 Å². The number of fused-ring (bicyclic) bond motifs is 1. The van der Waals surface area contributed by atoms with E-state index in [9.17, 15) is 4.79 Å². The van der Waals surface area contributed by atoms with Crippen molar-refractivity contribution in [1.29, 1.82) is 0 Å². The van der Waals surface area contributed by atoms with Crippen molar-refractivity contribution in [2.75, 3.05) is 13.1 Å². The van der Waals surface area contributed by atoms with Crippen LogP contribution in [0.1, 0.15) is 40.4 Å². The number of likely N-dealkylation sites (tertiary alicyclic amines) is 1. The van der Waals surface area contributed by atoms with Gasteiger partial charge in [-0.05, 0) is 44.6 Å². The minimum absolute atomic E-state index is 0.0665. The molecule has 7 heteroatoms. The third-order valence-corrected chi connectivity index (χ3v) is 5.07. The van der Waals surface area contributed by atoms with Crippen LogP contribution >= 0.6 is 0 Å².